The van der Waals surface area contributed by atoms with Crippen molar-refractivity contribution in [1.29, 1.82) is 0 Å². The van der Waals surface area contributed by atoms with Gasteiger partial charge in [-0.05, 0) is 48.5 Å². The highest BCUT2D eigenvalue weighted by Gasteiger charge is 2.34. The maximum absolute atomic E-state index is 13.5. The third kappa shape index (κ3) is 4.93. The van der Waals surface area contributed by atoms with Gasteiger partial charge < -0.3 is 4.74 Å². The van der Waals surface area contributed by atoms with Crippen LogP contribution in [-0.4, -0.2) is 37.4 Å². The quantitative estimate of drug-likeness (QED) is 0.170. The van der Waals surface area contributed by atoms with E-state index in [0.717, 1.165) is 5.01 Å². The van der Waals surface area contributed by atoms with Crippen LogP contribution in [0.4, 0.5) is 0 Å². The molecule has 4 aromatic rings. The number of amidine groups is 1. The lowest BCUT2D eigenvalue weighted by Crippen LogP contribution is -2.32. The molecule has 1 amide bonds. The summed E-state index contributed by atoms with van der Waals surface area (Å²) in [6.45, 7) is 0. The van der Waals surface area contributed by atoms with E-state index in [1.807, 2.05) is 0 Å². The van der Waals surface area contributed by atoms with Crippen LogP contribution in [0.25, 0.3) is 0 Å². The Morgan fingerprint density at radius 1 is 0.757 bits per heavy atom. The molecule has 8 nitrogen and oxygen atoms in total. The fraction of sp³-hybridized carbons (Fsp3) is 0. The van der Waals surface area contributed by atoms with Gasteiger partial charge in [-0.15, -0.1) is 4.40 Å². The van der Waals surface area contributed by atoms with Gasteiger partial charge in [0.2, 0.25) is 0 Å². The highest BCUT2D eigenvalue weighted by atomic mass is 32.2. The first-order valence-corrected chi connectivity index (χ1v) is 12.6. The molecule has 0 fully saturated rings. The zero-order chi connectivity index (χ0) is 25.8. The topological polar surface area (TPSA) is 105 Å². The maximum Gasteiger partial charge on any atom is 0.343 e. The highest BCUT2D eigenvalue weighted by Crippen LogP contribution is 2.28. The van der Waals surface area contributed by atoms with Crippen LogP contribution in [0.3, 0.4) is 0 Å². The molecule has 0 aromatic heterocycles. The maximum atomic E-state index is 13.5. The number of amides is 1. The number of sulfonamides is 1. The van der Waals surface area contributed by atoms with Gasteiger partial charge in [0.15, 0.2) is 5.84 Å². The van der Waals surface area contributed by atoms with E-state index in [1.54, 1.807) is 103 Å². The minimum Gasteiger partial charge on any atom is -0.422 e. The molecule has 0 bridgehead atoms. The number of carbonyl (C=O) groups is 2. The van der Waals surface area contributed by atoms with E-state index in [4.69, 9.17) is 4.74 Å². The lowest BCUT2D eigenvalue weighted by Gasteiger charge is -2.17. The number of hydrogen-bond donors (Lipinski definition) is 0. The molecule has 0 aliphatic carbocycles. The van der Waals surface area contributed by atoms with Gasteiger partial charge in [-0.25, -0.2) is 4.79 Å². The third-order valence-electron chi connectivity index (χ3n) is 5.47. The summed E-state index contributed by atoms with van der Waals surface area (Å²) in [6.07, 6.45) is 1.32. The summed E-state index contributed by atoms with van der Waals surface area (Å²) < 4.78 is 34.8. The number of esters is 1. The number of benzene rings is 4. The Bertz CT molecular complexity index is 1650. The van der Waals surface area contributed by atoms with Crippen molar-refractivity contribution < 1.29 is 22.7 Å². The van der Waals surface area contributed by atoms with Gasteiger partial charge in [0.1, 0.15) is 10.6 Å². The van der Waals surface area contributed by atoms with Crippen molar-refractivity contribution in [3.8, 4) is 5.75 Å². The zero-order valence-corrected chi connectivity index (χ0v) is 20.1. The predicted molar refractivity (Wildman–Crippen MR) is 138 cm³/mol. The minimum atomic E-state index is -4.00. The van der Waals surface area contributed by atoms with Gasteiger partial charge in [-0.2, -0.15) is 18.5 Å². The molecule has 0 saturated carbocycles. The lowest BCUT2D eigenvalue weighted by atomic mass is 10.1. The molecule has 0 spiro atoms. The highest BCUT2D eigenvalue weighted by molar-refractivity contribution is 7.90. The van der Waals surface area contributed by atoms with Gasteiger partial charge in [0, 0.05) is 16.7 Å². The number of nitrogens with zero attached hydrogens (tertiary/aromatic N) is 3. The number of rotatable bonds is 5. The summed E-state index contributed by atoms with van der Waals surface area (Å²) in [4.78, 5) is 26.1. The van der Waals surface area contributed by atoms with E-state index in [0.29, 0.717) is 11.1 Å². The van der Waals surface area contributed by atoms with Crippen molar-refractivity contribution in [2.75, 3.05) is 0 Å². The van der Waals surface area contributed by atoms with Crippen LogP contribution in [0.2, 0.25) is 0 Å². The van der Waals surface area contributed by atoms with Crippen LogP contribution in [0.5, 0.6) is 5.75 Å². The molecule has 0 unspecified atom stereocenters. The van der Waals surface area contributed by atoms with Crippen LogP contribution >= 0.6 is 0 Å². The molecule has 4 aromatic carbocycles. The fourth-order valence-electron chi connectivity index (χ4n) is 3.68. The largest absolute Gasteiger partial charge is 0.422 e. The van der Waals surface area contributed by atoms with Gasteiger partial charge in [-0.3, -0.25) is 4.79 Å². The second kappa shape index (κ2) is 10.00. The van der Waals surface area contributed by atoms with Crippen molar-refractivity contribution in [3.05, 3.63) is 131 Å². The second-order valence-corrected chi connectivity index (χ2v) is 9.48. The molecular formula is C28H19N3O5S. The fourth-order valence-corrected chi connectivity index (χ4v) is 4.87. The van der Waals surface area contributed by atoms with Gasteiger partial charge >= 0.3 is 5.97 Å². The first-order valence-electron chi connectivity index (χ1n) is 11.2. The molecule has 37 heavy (non-hydrogen) atoms. The van der Waals surface area contributed by atoms with Crippen LogP contribution < -0.4 is 4.74 Å². The molecule has 0 saturated heterocycles. The average molecular weight is 510 g/mol. The minimum absolute atomic E-state index is 0.0109. The van der Waals surface area contributed by atoms with E-state index in [-0.39, 0.29) is 27.6 Å². The molecule has 0 radical (unpaired) electrons. The number of hydrogen-bond acceptors (Lipinski definition) is 6. The van der Waals surface area contributed by atoms with E-state index in [2.05, 4.69) is 9.50 Å². The van der Waals surface area contributed by atoms with E-state index in [9.17, 15) is 18.0 Å². The summed E-state index contributed by atoms with van der Waals surface area (Å²) in [7, 11) is -4.00. The number of hydrazone groups is 1. The molecule has 1 heterocycles. The van der Waals surface area contributed by atoms with Crippen molar-refractivity contribution in [1.82, 2.24) is 5.01 Å². The number of fused-ring (bicyclic) bond motifs is 1. The molecule has 0 atom stereocenters. The molecular weight excluding hydrogens is 490 g/mol. The monoisotopic (exact) mass is 509 g/mol. The van der Waals surface area contributed by atoms with Gasteiger partial charge in [0.25, 0.3) is 15.9 Å². The Labute approximate surface area is 213 Å². The number of ether oxygens (including phenoxy) is 1. The molecule has 0 N–H and O–H groups in total. The Kier molecular flexibility index (Phi) is 6.44. The third-order valence-corrected chi connectivity index (χ3v) is 6.79. The first kappa shape index (κ1) is 23.8. The smallest absolute Gasteiger partial charge is 0.343 e. The van der Waals surface area contributed by atoms with E-state index in [1.165, 1.54) is 12.3 Å². The van der Waals surface area contributed by atoms with Crippen molar-refractivity contribution in [3.63, 3.8) is 0 Å². The summed E-state index contributed by atoms with van der Waals surface area (Å²) in [5.41, 5.74) is 1.31. The molecule has 1 aliphatic heterocycles. The normalized spacial score (nSPS) is 13.6. The number of carbonyl (C=O) groups excluding carboxylic acids is 2. The molecule has 9 heteroatoms. The van der Waals surface area contributed by atoms with Crippen molar-refractivity contribution >= 4 is 33.9 Å². The van der Waals surface area contributed by atoms with Crippen LogP contribution in [0, 0.1) is 0 Å². The van der Waals surface area contributed by atoms with Crippen LogP contribution in [0.1, 0.15) is 31.8 Å². The zero-order valence-electron chi connectivity index (χ0n) is 19.3. The summed E-state index contributed by atoms with van der Waals surface area (Å²) in [5, 5.41) is 5.27. The first-order chi connectivity index (χ1) is 17.9. The summed E-state index contributed by atoms with van der Waals surface area (Å²) in [5.74, 6) is -1.05. The Hall–Kier alpha value is -4.89. The lowest BCUT2D eigenvalue weighted by molar-refractivity contribution is 0.0733. The standard InChI is InChI=1S/C28H19N3O5S/c32-27(20-11-3-1-4-12-20)31(26-23-16-8-10-18-25(23)37(34,35)30-26)29-19-22-15-7-9-17-24(22)36-28(33)21-13-5-2-6-14-21/h1-19H/b29-19+. The SMILES string of the molecule is O=C(Oc1ccccc1/C=N/N(C(=O)c1ccccc1)C1=NS(=O)(=O)c2ccccc21)c1ccccc1. The van der Waals surface area contributed by atoms with Gasteiger partial charge in [-0.1, -0.05) is 60.7 Å². The van der Waals surface area contributed by atoms with Gasteiger partial charge in [0.05, 0.1) is 11.8 Å². The predicted octanol–water partition coefficient (Wildman–Crippen LogP) is 4.53. The van der Waals surface area contributed by atoms with E-state index < -0.39 is 21.9 Å². The van der Waals surface area contributed by atoms with Crippen LogP contribution in [0.15, 0.2) is 124 Å². The Morgan fingerprint density at radius 2 is 1.35 bits per heavy atom. The van der Waals surface area contributed by atoms with E-state index >= 15 is 0 Å². The second-order valence-electron chi connectivity index (χ2n) is 7.91. The Morgan fingerprint density at radius 3 is 2.08 bits per heavy atom. The van der Waals surface area contributed by atoms with Crippen LogP contribution in [-0.2, 0) is 10.0 Å². The van der Waals surface area contributed by atoms with Crippen molar-refractivity contribution in [2.45, 2.75) is 4.90 Å². The average Bonchev–Trinajstić information content (AvgIpc) is 3.21. The Balaban J connectivity index is 1.54. The van der Waals surface area contributed by atoms with Crippen molar-refractivity contribution in [2.24, 2.45) is 9.50 Å². The molecule has 1 aliphatic rings. The summed E-state index contributed by atoms with van der Waals surface area (Å²) >= 11 is 0. The number of para-hydroxylation sites is 1. The molecule has 182 valence electrons. The molecule has 5 rings (SSSR count). The summed E-state index contributed by atoms with van der Waals surface area (Å²) in [6, 6.07) is 29.7.